The summed E-state index contributed by atoms with van der Waals surface area (Å²) in [5.41, 5.74) is 2.51. The van der Waals surface area contributed by atoms with Gasteiger partial charge in [0, 0.05) is 12.3 Å². The molecule has 0 aromatic heterocycles. The van der Waals surface area contributed by atoms with E-state index in [4.69, 9.17) is 0 Å². The summed E-state index contributed by atoms with van der Waals surface area (Å²) in [5.74, 6) is 0. The Morgan fingerprint density at radius 2 is 2.25 bits per heavy atom. The third-order valence-electron chi connectivity index (χ3n) is 2.54. The van der Waals surface area contributed by atoms with Crippen molar-refractivity contribution in [3.8, 4) is 0 Å². The number of fused-ring (bicyclic) bond motifs is 2. The first-order chi connectivity index (χ1) is 5.93. The molecule has 1 saturated heterocycles. The van der Waals surface area contributed by atoms with Gasteiger partial charge in [-0.3, -0.25) is 4.99 Å². The second-order valence-electron chi connectivity index (χ2n) is 3.41. The predicted molar refractivity (Wildman–Crippen MR) is 49.0 cm³/mol. The van der Waals surface area contributed by atoms with Crippen LogP contribution in [0.15, 0.2) is 29.3 Å². The Morgan fingerprint density at radius 1 is 1.33 bits per heavy atom. The average Bonchev–Trinajstić information content (AvgIpc) is 2.80. The fourth-order valence-electron chi connectivity index (χ4n) is 1.73. The number of hydrogen-bond acceptors (Lipinski definition) is 2. The molecule has 0 saturated carbocycles. The summed E-state index contributed by atoms with van der Waals surface area (Å²) >= 11 is 0. The topological polar surface area (TPSA) is 34.3 Å². The highest BCUT2D eigenvalue weighted by molar-refractivity contribution is 5.75. The van der Waals surface area contributed by atoms with Gasteiger partial charge in [-0.2, -0.15) is 0 Å². The number of aliphatic imine (C=N–C) groups is 1. The summed E-state index contributed by atoms with van der Waals surface area (Å²) in [4.78, 5) is 4.42. The minimum absolute atomic E-state index is 0.539. The fourth-order valence-corrected chi connectivity index (χ4v) is 1.73. The van der Waals surface area contributed by atoms with E-state index in [0.29, 0.717) is 12.1 Å². The summed E-state index contributed by atoms with van der Waals surface area (Å²) in [6, 6.07) is 9.55. The van der Waals surface area contributed by atoms with Crippen LogP contribution in [0.4, 0.5) is 5.69 Å². The van der Waals surface area contributed by atoms with Crippen LogP contribution in [0.5, 0.6) is 0 Å². The van der Waals surface area contributed by atoms with Gasteiger partial charge in [-0.25, -0.2) is 0 Å². The van der Waals surface area contributed by atoms with Crippen molar-refractivity contribution in [1.82, 2.24) is 5.32 Å². The number of nitrogens with one attached hydrogen (secondary N) is 1. The zero-order valence-corrected chi connectivity index (χ0v) is 6.70. The molecule has 2 heteroatoms. The van der Waals surface area contributed by atoms with Crippen molar-refractivity contribution in [1.29, 1.82) is 0 Å². The van der Waals surface area contributed by atoms with E-state index in [-0.39, 0.29) is 0 Å². The van der Waals surface area contributed by atoms with Crippen LogP contribution in [0.2, 0.25) is 0 Å². The Hall–Kier alpha value is -1.15. The Kier molecular flexibility index (Phi) is 1.15. The van der Waals surface area contributed by atoms with E-state index in [9.17, 15) is 0 Å². The van der Waals surface area contributed by atoms with Gasteiger partial charge in [0.15, 0.2) is 0 Å². The quantitative estimate of drug-likeness (QED) is 0.567. The first-order valence-corrected chi connectivity index (χ1v) is 4.31. The lowest BCUT2D eigenvalue weighted by molar-refractivity contribution is 0.929. The Bertz CT molecular complexity index is 343. The van der Waals surface area contributed by atoms with Crippen molar-refractivity contribution in [2.24, 2.45) is 4.99 Å². The SMILES string of the molecule is C1=Nc2ccccc2CC2NC12. The number of hydrogen-bond donors (Lipinski definition) is 1. The molecule has 0 bridgehead atoms. The van der Waals surface area contributed by atoms with E-state index in [1.807, 2.05) is 12.3 Å². The van der Waals surface area contributed by atoms with E-state index in [1.54, 1.807) is 0 Å². The first-order valence-electron chi connectivity index (χ1n) is 4.31. The van der Waals surface area contributed by atoms with Crippen molar-refractivity contribution in [3.63, 3.8) is 0 Å². The van der Waals surface area contributed by atoms with Crippen molar-refractivity contribution in [3.05, 3.63) is 29.8 Å². The van der Waals surface area contributed by atoms with Crippen LogP contribution in [0.25, 0.3) is 0 Å². The molecule has 12 heavy (non-hydrogen) atoms. The lowest BCUT2D eigenvalue weighted by Gasteiger charge is -2.00. The molecule has 1 aromatic rings. The largest absolute Gasteiger partial charge is 0.303 e. The van der Waals surface area contributed by atoms with Crippen LogP contribution in [0, 0.1) is 0 Å². The predicted octanol–water partition coefficient (Wildman–Crippen LogP) is 1.29. The molecule has 3 rings (SSSR count). The van der Waals surface area contributed by atoms with Crippen LogP contribution in [0.1, 0.15) is 5.56 Å². The van der Waals surface area contributed by atoms with E-state index >= 15 is 0 Å². The van der Waals surface area contributed by atoms with Gasteiger partial charge < -0.3 is 5.32 Å². The highest BCUT2D eigenvalue weighted by Crippen LogP contribution is 2.27. The van der Waals surface area contributed by atoms with Crippen LogP contribution in [-0.2, 0) is 6.42 Å². The summed E-state index contributed by atoms with van der Waals surface area (Å²) in [6.07, 6.45) is 3.15. The lowest BCUT2D eigenvalue weighted by atomic mass is 10.1. The standard InChI is InChI=1S/C10H10N2/c1-2-4-8-7(3-1)5-9-10(12-9)6-11-8/h1-4,6,9-10,12H,5H2. The third-order valence-corrected chi connectivity index (χ3v) is 2.54. The zero-order chi connectivity index (χ0) is 7.97. The molecule has 2 heterocycles. The van der Waals surface area contributed by atoms with Crippen LogP contribution in [0.3, 0.4) is 0 Å². The highest BCUT2D eigenvalue weighted by Gasteiger charge is 2.36. The molecule has 1 fully saturated rings. The van der Waals surface area contributed by atoms with Crippen LogP contribution >= 0.6 is 0 Å². The molecule has 2 unspecified atom stereocenters. The summed E-state index contributed by atoms with van der Waals surface area (Å²) < 4.78 is 0. The minimum Gasteiger partial charge on any atom is -0.303 e. The molecule has 0 aliphatic carbocycles. The van der Waals surface area contributed by atoms with Crippen molar-refractivity contribution < 1.29 is 0 Å². The van der Waals surface area contributed by atoms with Crippen molar-refractivity contribution >= 4 is 11.9 Å². The molecule has 2 nitrogen and oxygen atoms in total. The monoisotopic (exact) mass is 158 g/mol. The molecule has 0 amide bonds. The fraction of sp³-hybridized carbons (Fsp3) is 0.300. The van der Waals surface area contributed by atoms with E-state index < -0.39 is 0 Å². The van der Waals surface area contributed by atoms with Gasteiger partial charge in [0.25, 0.3) is 0 Å². The smallest absolute Gasteiger partial charge is 0.0658 e. The van der Waals surface area contributed by atoms with E-state index in [2.05, 4.69) is 28.5 Å². The molecule has 2 atom stereocenters. The van der Waals surface area contributed by atoms with Gasteiger partial charge in [0.05, 0.1) is 11.7 Å². The summed E-state index contributed by atoms with van der Waals surface area (Å²) in [6.45, 7) is 0. The maximum absolute atomic E-state index is 4.42. The van der Waals surface area contributed by atoms with Crippen LogP contribution < -0.4 is 5.32 Å². The number of para-hydroxylation sites is 1. The van der Waals surface area contributed by atoms with Crippen molar-refractivity contribution in [2.45, 2.75) is 18.5 Å². The molecule has 0 spiro atoms. The van der Waals surface area contributed by atoms with Gasteiger partial charge >= 0.3 is 0 Å². The van der Waals surface area contributed by atoms with E-state index in [0.717, 1.165) is 12.1 Å². The molecule has 2 aliphatic rings. The normalized spacial score (nSPS) is 30.3. The second-order valence-corrected chi connectivity index (χ2v) is 3.41. The lowest BCUT2D eigenvalue weighted by Crippen LogP contribution is -1.96. The molecular weight excluding hydrogens is 148 g/mol. The average molecular weight is 158 g/mol. The van der Waals surface area contributed by atoms with Gasteiger partial charge in [-0.05, 0) is 18.1 Å². The minimum atomic E-state index is 0.539. The molecule has 2 aliphatic heterocycles. The third kappa shape index (κ3) is 0.883. The number of rotatable bonds is 0. The number of nitrogens with zero attached hydrogens (tertiary/aromatic N) is 1. The second kappa shape index (κ2) is 2.17. The maximum Gasteiger partial charge on any atom is 0.0658 e. The molecule has 0 radical (unpaired) electrons. The Balaban J connectivity index is 2.09. The Labute approximate surface area is 71.3 Å². The van der Waals surface area contributed by atoms with Gasteiger partial charge in [-0.15, -0.1) is 0 Å². The molecule has 1 N–H and O–H groups in total. The summed E-state index contributed by atoms with van der Waals surface area (Å²) in [5, 5.41) is 3.36. The van der Waals surface area contributed by atoms with Gasteiger partial charge in [0.2, 0.25) is 0 Å². The molecule has 60 valence electrons. The Morgan fingerprint density at radius 3 is 3.25 bits per heavy atom. The van der Waals surface area contributed by atoms with Gasteiger partial charge in [-0.1, -0.05) is 18.2 Å². The first kappa shape index (κ1) is 6.38. The molecule has 1 aromatic carbocycles. The summed E-state index contributed by atoms with van der Waals surface area (Å²) in [7, 11) is 0. The van der Waals surface area contributed by atoms with Gasteiger partial charge in [0.1, 0.15) is 0 Å². The number of benzene rings is 1. The van der Waals surface area contributed by atoms with Crippen molar-refractivity contribution in [2.75, 3.05) is 0 Å². The molecular formula is C10H10N2. The zero-order valence-electron chi connectivity index (χ0n) is 6.70. The van der Waals surface area contributed by atoms with E-state index in [1.165, 1.54) is 5.56 Å². The van der Waals surface area contributed by atoms with Crippen LogP contribution in [-0.4, -0.2) is 18.3 Å². The highest BCUT2D eigenvalue weighted by atomic mass is 15.2. The maximum atomic E-state index is 4.42.